The number of fused-ring (bicyclic) bond motifs is 1. The molecule has 0 unspecified atom stereocenters. The molecule has 2 aromatic carbocycles. The minimum absolute atomic E-state index is 0.899. The average Bonchev–Trinajstić information content (AvgIpc) is 2.79. The Bertz CT molecular complexity index is 1280. The van der Waals surface area contributed by atoms with Gasteiger partial charge in [-0.1, -0.05) is 60.2 Å². The predicted octanol–water partition coefficient (Wildman–Crippen LogP) is 6.33. The zero-order chi connectivity index (χ0) is 19.6. The third-order valence-electron chi connectivity index (χ3n) is 5.09. The van der Waals surface area contributed by atoms with Crippen molar-refractivity contribution in [3.8, 4) is 33.6 Å². The lowest BCUT2D eigenvalue weighted by Crippen LogP contribution is -1.94. The molecule has 0 N–H and O–H groups in total. The van der Waals surface area contributed by atoms with Crippen molar-refractivity contribution in [3.05, 3.63) is 103 Å². The number of pyridine rings is 3. The second-order valence-corrected chi connectivity index (χ2v) is 7.08. The van der Waals surface area contributed by atoms with E-state index in [1.54, 1.807) is 6.20 Å². The number of hydrogen-bond donors (Lipinski definition) is 0. The summed E-state index contributed by atoms with van der Waals surface area (Å²) in [5.41, 5.74) is 8.37. The van der Waals surface area contributed by atoms with Crippen LogP contribution in [-0.4, -0.2) is 15.0 Å². The standard InChI is InChI=1S/C26H19N3/c1-18-9-11-20(12-10-18)26-22(19-6-3-2-4-7-19)16-23-24(29-26)13-15-28-25(23)21-8-5-14-27-17-21/h2-17H,1H3. The van der Waals surface area contributed by atoms with Crippen molar-refractivity contribution in [1.29, 1.82) is 0 Å². The van der Waals surface area contributed by atoms with Gasteiger partial charge in [0.25, 0.3) is 0 Å². The molecule has 0 aliphatic carbocycles. The van der Waals surface area contributed by atoms with Gasteiger partial charge in [-0.05, 0) is 36.8 Å². The van der Waals surface area contributed by atoms with Crippen LogP contribution in [0.5, 0.6) is 0 Å². The van der Waals surface area contributed by atoms with Crippen LogP contribution >= 0.6 is 0 Å². The fourth-order valence-electron chi connectivity index (χ4n) is 3.60. The number of nitrogens with zero attached hydrogens (tertiary/aromatic N) is 3. The van der Waals surface area contributed by atoms with Gasteiger partial charge in [0.05, 0.1) is 16.9 Å². The van der Waals surface area contributed by atoms with Crippen molar-refractivity contribution in [2.75, 3.05) is 0 Å². The molecule has 3 heteroatoms. The smallest absolute Gasteiger partial charge is 0.0811 e. The summed E-state index contributed by atoms with van der Waals surface area (Å²) in [6.45, 7) is 2.10. The van der Waals surface area contributed by atoms with Crippen molar-refractivity contribution in [2.45, 2.75) is 6.92 Å². The van der Waals surface area contributed by atoms with E-state index in [2.05, 4.69) is 71.5 Å². The molecular formula is C26H19N3. The molecule has 0 atom stereocenters. The van der Waals surface area contributed by atoms with Gasteiger partial charge in [-0.15, -0.1) is 0 Å². The Balaban J connectivity index is 1.82. The molecule has 0 aliphatic heterocycles. The number of rotatable bonds is 3. The highest BCUT2D eigenvalue weighted by molar-refractivity contribution is 5.98. The Morgan fingerprint density at radius 3 is 2.21 bits per heavy atom. The molecule has 3 aromatic heterocycles. The van der Waals surface area contributed by atoms with Gasteiger partial charge in [0.1, 0.15) is 0 Å². The van der Waals surface area contributed by atoms with E-state index in [1.165, 1.54) is 5.56 Å². The summed E-state index contributed by atoms with van der Waals surface area (Å²) in [5, 5.41) is 1.02. The summed E-state index contributed by atoms with van der Waals surface area (Å²) >= 11 is 0. The number of aryl methyl sites for hydroxylation is 1. The van der Waals surface area contributed by atoms with Gasteiger partial charge in [-0.2, -0.15) is 0 Å². The maximum absolute atomic E-state index is 5.08. The van der Waals surface area contributed by atoms with E-state index >= 15 is 0 Å². The molecular weight excluding hydrogens is 354 g/mol. The van der Waals surface area contributed by atoms with Crippen LogP contribution in [-0.2, 0) is 0 Å². The third-order valence-corrected chi connectivity index (χ3v) is 5.09. The molecule has 0 fully saturated rings. The van der Waals surface area contributed by atoms with Crippen molar-refractivity contribution < 1.29 is 0 Å². The first-order valence-electron chi connectivity index (χ1n) is 9.62. The summed E-state index contributed by atoms with van der Waals surface area (Å²) in [6, 6.07) is 27.1. The Kier molecular flexibility index (Phi) is 4.34. The lowest BCUT2D eigenvalue weighted by atomic mass is 9.96. The topological polar surface area (TPSA) is 38.7 Å². The van der Waals surface area contributed by atoms with E-state index in [4.69, 9.17) is 4.98 Å². The normalized spacial score (nSPS) is 10.9. The van der Waals surface area contributed by atoms with Crippen LogP contribution in [0.1, 0.15) is 5.56 Å². The molecule has 0 bridgehead atoms. The molecule has 5 aromatic rings. The van der Waals surface area contributed by atoms with Crippen LogP contribution in [0.4, 0.5) is 0 Å². The predicted molar refractivity (Wildman–Crippen MR) is 118 cm³/mol. The average molecular weight is 373 g/mol. The quantitative estimate of drug-likeness (QED) is 0.371. The largest absolute Gasteiger partial charge is 0.264 e. The van der Waals surface area contributed by atoms with Gasteiger partial charge < -0.3 is 0 Å². The number of aromatic nitrogens is 3. The van der Waals surface area contributed by atoms with Crippen LogP contribution < -0.4 is 0 Å². The van der Waals surface area contributed by atoms with Crippen LogP contribution in [0, 0.1) is 6.92 Å². The molecule has 29 heavy (non-hydrogen) atoms. The molecule has 138 valence electrons. The number of hydrogen-bond acceptors (Lipinski definition) is 3. The highest BCUT2D eigenvalue weighted by Gasteiger charge is 2.14. The van der Waals surface area contributed by atoms with E-state index < -0.39 is 0 Å². The highest BCUT2D eigenvalue weighted by atomic mass is 14.7. The van der Waals surface area contributed by atoms with Crippen LogP contribution in [0.15, 0.2) is 97.5 Å². The van der Waals surface area contributed by atoms with E-state index in [0.717, 1.165) is 44.5 Å². The van der Waals surface area contributed by atoms with Gasteiger partial charge in [0.15, 0.2) is 0 Å². The van der Waals surface area contributed by atoms with Crippen LogP contribution in [0.2, 0.25) is 0 Å². The maximum Gasteiger partial charge on any atom is 0.0811 e. The van der Waals surface area contributed by atoms with Gasteiger partial charge in [-0.3, -0.25) is 9.97 Å². The Labute approximate surface area is 169 Å². The first-order valence-corrected chi connectivity index (χ1v) is 9.62. The molecule has 0 spiro atoms. The summed E-state index contributed by atoms with van der Waals surface area (Å²) in [4.78, 5) is 14.0. The SMILES string of the molecule is Cc1ccc(-c2nc3ccnc(-c4cccnc4)c3cc2-c2ccccc2)cc1. The van der Waals surface area contributed by atoms with E-state index in [1.807, 2.05) is 36.7 Å². The molecule has 0 saturated heterocycles. The first kappa shape index (κ1) is 17.3. The zero-order valence-electron chi connectivity index (χ0n) is 16.1. The molecule has 0 aliphatic rings. The zero-order valence-corrected chi connectivity index (χ0v) is 16.1. The van der Waals surface area contributed by atoms with E-state index in [-0.39, 0.29) is 0 Å². The van der Waals surface area contributed by atoms with Crippen LogP contribution in [0.25, 0.3) is 44.5 Å². The third kappa shape index (κ3) is 3.27. The van der Waals surface area contributed by atoms with Gasteiger partial charge in [0, 0.05) is 40.7 Å². The Morgan fingerprint density at radius 1 is 0.655 bits per heavy atom. The molecule has 3 heterocycles. The fraction of sp³-hybridized carbons (Fsp3) is 0.0385. The lowest BCUT2D eigenvalue weighted by molar-refractivity contribution is 1.28. The Hall–Kier alpha value is -3.85. The monoisotopic (exact) mass is 373 g/mol. The summed E-state index contributed by atoms with van der Waals surface area (Å²) in [5.74, 6) is 0. The van der Waals surface area contributed by atoms with Gasteiger partial charge >= 0.3 is 0 Å². The van der Waals surface area contributed by atoms with E-state index in [9.17, 15) is 0 Å². The summed E-state index contributed by atoms with van der Waals surface area (Å²) < 4.78 is 0. The van der Waals surface area contributed by atoms with Crippen molar-refractivity contribution in [2.24, 2.45) is 0 Å². The second-order valence-electron chi connectivity index (χ2n) is 7.08. The fourth-order valence-corrected chi connectivity index (χ4v) is 3.60. The first-order chi connectivity index (χ1) is 14.3. The van der Waals surface area contributed by atoms with Crippen molar-refractivity contribution >= 4 is 10.9 Å². The van der Waals surface area contributed by atoms with Crippen molar-refractivity contribution in [3.63, 3.8) is 0 Å². The molecule has 3 nitrogen and oxygen atoms in total. The summed E-state index contributed by atoms with van der Waals surface area (Å²) in [7, 11) is 0. The number of benzene rings is 2. The van der Waals surface area contributed by atoms with Gasteiger partial charge in [-0.25, -0.2) is 4.98 Å². The van der Waals surface area contributed by atoms with E-state index in [0.29, 0.717) is 0 Å². The lowest BCUT2D eigenvalue weighted by Gasteiger charge is -2.13. The second kappa shape index (κ2) is 7.28. The molecule has 5 rings (SSSR count). The minimum atomic E-state index is 0.899. The Morgan fingerprint density at radius 2 is 1.45 bits per heavy atom. The highest BCUT2D eigenvalue weighted by Crippen LogP contribution is 2.36. The van der Waals surface area contributed by atoms with Gasteiger partial charge in [0.2, 0.25) is 0 Å². The molecule has 0 saturated carbocycles. The van der Waals surface area contributed by atoms with Crippen LogP contribution in [0.3, 0.4) is 0 Å². The molecule has 0 radical (unpaired) electrons. The van der Waals surface area contributed by atoms with Crippen molar-refractivity contribution in [1.82, 2.24) is 15.0 Å². The maximum atomic E-state index is 5.08. The summed E-state index contributed by atoms with van der Waals surface area (Å²) in [6.07, 6.45) is 5.44. The minimum Gasteiger partial charge on any atom is -0.264 e. The molecule has 0 amide bonds.